The van der Waals surface area contributed by atoms with Crippen molar-refractivity contribution in [3.63, 3.8) is 0 Å². The smallest absolute Gasteiger partial charge is 0.184 e. The second-order valence-electron chi connectivity index (χ2n) is 6.80. The van der Waals surface area contributed by atoms with Crippen molar-refractivity contribution in [3.8, 4) is 0 Å². The zero-order chi connectivity index (χ0) is 18.3. The van der Waals surface area contributed by atoms with Crippen LogP contribution in [0.15, 0.2) is 24.3 Å². The fourth-order valence-corrected chi connectivity index (χ4v) is 3.39. The van der Waals surface area contributed by atoms with Crippen LogP contribution in [0.5, 0.6) is 0 Å². The lowest BCUT2D eigenvalue weighted by atomic mass is 10.2. The van der Waals surface area contributed by atoms with E-state index >= 15 is 0 Å². The van der Waals surface area contributed by atoms with Gasteiger partial charge in [-0.2, -0.15) is 0 Å². The zero-order valence-corrected chi connectivity index (χ0v) is 15.1. The summed E-state index contributed by atoms with van der Waals surface area (Å²) < 4.78 is 20.7. The van der Waals surface area contributed by atoms with Gasteiger partial charge in [0.05, 0.1) is 18.8 Å². The van der Waals surface area contributed by atoms with Gasteiger partial charge in [0, 0.05) is 13.1 Å². The molecule has 1 aliphatic heterocycles. The summed E-state index contributed by atoms with van der Waals surface area (Å²) in [4.78, 5) is 11.3. The Labute approximate surface area is 150 Å². The molecule has 4 rings (SSSR count). The molecule has 2 aromatic heterocycles. The van der Waals surface area contributed by atoms with E-state index in [2.05, 4.69) is 39.0 Å². The van der Waals surface area contributed by atoms with Crippen molar-refractivity contribution in [2.24, 2.45) is 0 Å². The quantitative estimate of drug-likeness (QED) is 0.717. The van der Waals surface area contributed by atoms with Crippen LogP contribution in [-0.2, 0) is 11.3 Å². The molecule has 1 aliphatic rings. The first-order valence-corrected chi connectivity index (χ1v) is 8.72. The highest BCUT2D eigenvalue weighted by atomic mass is 19.1. The Morgan fingerprint density at radius 1 is 1.12 bits per heavy atom. The maximum absolute atomic E-state index is 13.1. The molecule has 26 heavy (non-hydrogen) atoms. The van der Waals surface area contributed by atoms with Crippen molar-refractivity contribution in [3.05, 3.63) is 41.5 Å². The van der Waals surface area contributed by atoms with E-state index in [9.17, 15) is 4.39 Å². The minimum absolute atomic E-state index is 0.123. The Balaban J connectivity index is 1.72. The Morgan fingerprint density at radius 2 is 1.81 bits per heavy atom. The molecule has 0 aliphatic carbocycles. The Hall–Kier alpha value is -2.61. The Kier molecular flexibility index (Phi) is 4.28. The van der Waals surface area contributed by atoms with Gasteiger partial charge < -0.3 is 9.64 Å². The zero-order valence-electron chi connectivity index (χ0n) is 15.1. The maximum Gasteiger partial charge on any atom is 0.184 e. The molecule has 0 amide bonds. The van der Waals surface area contributed by atoms with Gasteiger partial charge in [-0.15, -0.1) is 5.10 Å². The summed E-state index contributed by atoms with van der Waals surface area (Å²) in [6.45, 7) is 7.95. The van der Waals surface area contributed by atoms with Crippen molar-refractivity contribution < 1.29 is 9.13 Å². The molecule has 0 saturated carbocycles. The van der Waals surface area contributed by atoms with E-state index < -0.39 is 0 Å². The van der Waals surface area contributed by atoms with E-state index in [0.717, 1.165) is 24.5 Å². The number of benzene rings is 1. The summed E-state index contributed by atoms with van der Waals surface area (Å²) in [7, 11) is 0. The first-order valence-electron chi connectivity index (χ1n) is 8.72. The first kappa shape index (κ1) is 16.8. The molecule has 2 atom stereocenters. The second kappa shape index (κ2) is 6.60. The first-order chi connectivity index (χ1) is 12.5. The van der Waals surface area contributed by atoms with Crippen molar-refractivity contribution in [1.29, 1.82) is 0 Å². The molecule has 8 heteroatoms. The lowest BCUT2D eigenvalue weighted by Crippen LogP contribution is -2.46. The number of aryl methyl sites for hydroxylation is 1. The Bertz CT molecular complexity index is 915. The molecular weight excluding hydrogens is 335 g/mol. The molecule has 1 aromatic carbocycles. The van der Waals surface area contributed by atoms with Crippen LogP contribution in [0.1, 0.15) is 25.2 Å². The summed E-state index contributed by atoms with van der Waals surface area (Å²) in [5.41, 5.74) is 2.30. The van der Waals surface area contributed by atoms with E-state index in [1.54, 1.807) is 16.8 Å². The molecule has 1 saturated heterocycles. The number of hydrogen-bond acceptors (Lipinski definition) is 6. The highest BCUT2D eigenvalue weighted by Crippen LogP contribution is 2.25. The van der Waals surface area contributed by atoms with Crippen LogP contribution in [0.2, 0.25) is 0 Å². The SMILES string of the molecule is Cc1nc(N2CC(C)OC(C)C2)c2nnn(Cc3ccc(F)cc3)c2n1. The van der Waals surface area contributed by atoms with Crippen LogP contribution < -0.4 is 4.90 Å². The normalized spacial score (nSPS) is 20.7. The van der Waals surface area contributed by atoms with Gasteiger partial charge >= 0.3 is 0 Å². The third kappa shape index (κ3) is 3.24. The number of halogens is 1. The molecule has 2 unspecified atom stereocenters. The number of fused-ring (bicyclic) bond motifs is 1. The molecule has 136 valence electrons. The lowest BCUT2D eigenvalue weighted by molar-refractivity contribution is -0.00539. The number of aromatic nitrogens is 5. The number of morpholine rings is 1. The molecule has 3 heterocycles. The van der Waals surface area contributed by atoms with E-state index in [1.165, 1.54) is 12.1 Å². The van der Waals surface area contributed by atoms with Crippen molar-refractivity contribution in [2.75, 3.05) is 18.0 Å². The van der Waals surface area contributed by atoms with Crippen molar-refractivity contribution >= 4 is 17.0 Å². The van der Waals surface area contributed by atoms with E-state index in [4.69, 9.17) is 4.74 Å². The third-order valence-electron chi connectivity index (χ3n) is 4.42. The third-order valence-corrected chi connectivity index (χ3v) is 4.42. The summed E-state index contributed by atoms with van der Waals surface area (Å²) >= 11 is 0. The molecule has 0 N–H and O–H groups in total. The van der Waals surface area contributed by atoms with Gasteiger partial charge in [-0.05, 0) is 38.5 Å². The number of anilines is 1. The second-order valence-corrected chi connectivity index (χ2v) is 6.80. The minimum Gasteiger partial charge on any atom is -0.372 e. The minimum atomic E-state index is -0.256. The van der Waals surface area contributed by atoms with Crippen LogP contribution in [0.25, 0.3) is 11.2 Å². The molecular formula is C18H21FN6O. The van der Waals surface area contributed by atoms with Gasteiger partial charge in [-0.3, -0.25) is 0 Å². The predicted octanol–water partition coefficient (Wildman–Crippen LogP) is 2.33. The van der Waals surface area contributed by atoms with E-state index in [1.807, 2.05) is 6.92 Å². The molecule has 0 bridgehead atoms. The highest BCUT2D eigenvalue weighted by Gasteiger charge is 2.26. The lowest BCUT2D eigenvalue weighted by Gasteiger charge is -2.36. The highest BCUT2D eigenvalue weighted by molar-refractivity contribution is 5.83. The fourth-order valence-electron chi connectivity index (χ4n) is 3.39. The number of nitrogens with zero attached hydrogens (tertiary/aromatic N) is 6. The predicted molar refractivity (Wildman–Crippen MR) is 95.6 cm³/mol. The van der Waals surface area contributed by atoms with Crippen LogP contribution in [0.3, 0.4) is 0 Å². The maximum atomic E-state index is 13.1. The van der Waals surface area contributed by atoms with E-state index in [0.29, 0.717) is 23.5 Å². The van der Waals surface area contributed by atoms with Crippen LogP contribution in [0.4, 0.5) is 10.2 Å². The molecule has 3 aromatic rings. The van der Waals surface area contributed by atoms with Crippen LogP contribution in [-0.4, -0.2) is 50.3 Å². The summed E-state index contributed by atoms with van der Waals surface area (Å²) in [5, 5.41) is 8.59. The molecule has 1 fully saturated rings. The van der Waals surface area contributed by atoms with Crippen molar-refractivity contribution in [2.45, 2.75) is 39.5 Å². The number of rotatable bonds is 3. The van der Waals surface area contributed by atoms with E-state index in [-0.39, 0.29) is 18.0 Å². The van der Waals surface area contributed by atoms with Gasteiger partial charge in [0.2, 0.25) is 0 Å². The Morgan fingerprint density at radius 3 is 2.50 bits per heavy atom. The van der Waals surface area contributed by atoms with Crippen LogP contribution in [0, 0.1) is 12.7 Å². The van der Waals surface area contributed by atoms with Crippen LogP contribution >= 0.6 is 0 Å². The van der Waals surface area contributed by atoms with Gasteiger partial charge in [-0.25, -0.2) is 19.0 Å². The number of ether oxygens (including phenoxy) is 1. The topological polar surface area (TPSA) is 69.0 Å². The molecule has 7 nitrogen and oxygen atoms in total. The number of hydrogen-bond donors (Lipinski definition) is 0. The summed E-state index contributed by atoms with van der Waals surface area (Å²) in [5.74, 6) is 1.20. The van der Waals surface area contributed by atoms with Gasteiger partial charge in [0.25, 0.3) is 0 Å². The average molecular weight is 356 g/mol. The largest absolute Gasteiger partial charge is 0.372 e. The fraction of sp³-hybridized carbons (Fsp3) is 0.444. The summed E-state index contributed by atoms with van der Waals surface area (Å²) in [6, 6.07) is 6.36. The van der Waals surface area contributed by atoms with Gasteiger partial charge in [0.15, 0.2) is 17.0 Å². The monoisotopic (exact) mass is 356 g/mol. The van der Waals surface area contributed by atoms with Crippen molar-refractivity contribution in [1.82, 2.24) is 25.0 Å². The van der Waals surface area contributed by atoms with Gasteiger partial charge in [-0.1, -0.05) is 17.3 Å². The standard InChI is InChI=1S/C18H21FN6O/c1-11-8-24(9-12(2)26-11)17-16-18(21-13(3)20-17)25(23-22-16)10-14-4-6-15(19)7-5-14/h4-7,11-12H,8-10H2,1-3H3. The summed E-state index contributed by atoms with van der Waals surface area (Å²) in [6.07, 6.45) is 0.247. The molecule has 0 radical (unpaired) electrons. The average Bonchev–Trinajstić information content (AvgIpc) is 2.98. The molecule has 0 spiro atoms. The van der Waals surface area contributed by atoms with Gasteiger partial charge in [0.1, 0.15) is 11.6 Å².